The second-order valence-corrected chi connectivity index (χ2v) is 7.39. The number of carbonyl (C=O) groups is 1. The van der Waals surface area contributed by atoms with Crippen LogP contribution >= 0.6 is 0 Å². The van der Waals surface area contributed by atoms with Crippen molar-refractivity contribution in [3.8, 4) is 0 Å². The van der Waals surface area contributed by atoms with E-state index in [0.717, 1.165) is 12.3 Å². The van der Waals surface area contributed by atoms with Crippen LogP contribution < -0.4 is 5.73 Å². The van der Waals surface area contributed by atoms with Gasteiger partial charge in [0.05, 0.1) is 6.04 Å². The summed E-state index contributed by atoms with van der Waals surface area (Å²) in [5.74, 6) is 0.949. The molecule has 2 nitrogen and oxygen atoms in total. The van der Waals surface area contributed by atoms with Gasteiger partial charge in [-0.3, -0.25) is 4.79 Å². The molecule has 1 unspecified atom stereocenters. The fourth-order valence-corrected chi connectivity index (χ4v) is 3.09. The van der Waals surface area contributed by atoms with Gasteiger partial charge in [0.25, 0.3) is 0 Å². The molecule has 1 fully saturated rings. The molecule has 0 aromatic carbocycles. The van der Waals surface area contributed by atoms with E-state index in [0.29, 0.717) is 0 Å². The van der Waals surface area contributed by atoms with Gasteiger partial charge in [0.15, 0.2) is 5.78 Å². The van der Waals surface area contributed by atoms with Gasteiger partial charge in [-0.25, -0.2) is 0 Å². The quantitative estimate of drug-likeness (QED) is 0.813. The van der Waals surface area contributed by atoms with Gasteiger partial charge in [0.2, 0.25) is 0 Å². The molecule has 0 aromatic heterocycles. The number of hydrogen-bond acceptors (Lipinski definition) is 2. The molecular weight excluding hydrogens is 234 g/mol. The van der Waals surface area contributed by atoms with Crippen LogP contribution in [0.25, 0.3) is 0 Å². The van der Waals surface area contributed by atoms with Crippen molar-refractivity contribution in [1.82, 2.24) is 0 Å². The third-order valence-electron chi connectivity index (χ3n) is 4.28. The molecule has 0 amide bonds. The summed E-state index contributed by atoms with van der Waals surface area (Å²) >= 11 is 0. The first-order valence-electron chi connectivity index (χ1n) is 7.94. The highest BCUT2D eigenvalue weighted by molar-refractivity contribution is 5.88. The highest BCUT2D eigenvalue weighted by Gasteiger charge is 2.36. The van der Waals surface area contributed by atoms with Crippen LogP contribution in [0.2, 0.25) is 0 Å². The maximum Gasteiger partial charge on any atom is 0.154 e. The van der Waals surface area contributed by atoms with Gasteiger partial charge < -0.3 is 5.73 Å². The van der Waals surface area contributed by atoms with Gasteiger partial charge in [-0.1, -0.05) is 61.3 Å². The van der Waals surface area contributed by atoms with Crippen LogP contribution in [0.15, 0.2) is 0 Å². The topological polar surface area (TPSA) is 43.1 Å². The predicted molar refractivity (Wildman–Crippen MR) is 84.1 cm³/mol. The first-order chi connectivity index (χ1) is 8.64. The molecule has 1 aliphatic carbocycles. The molecule has 1 rings (SSSR count). The van der Waals surface area contributed by atoms with E-state index < -0.39 is 0 Å². The minimum atomic E-state index is -0.314. The highest BCUT2D eigenvalue weighted by atomic mass is 16.1. The summed E-state index contributed by atoms with van der Waals surface area (Å²) in [4.78, 5) is 12.1. The molecular formula is C17H35NO. The number of hydrogen-bond donors (Lipinski definition) is 1. The third-order valence-corrected chi connectivity index (χ3v) is 4.28. The SMILES string of the molecule is CC.CC(C)(C)C(=O)C(N)CC(C)(C)C1CCCC1. The summed E-state index contributed by atoms with van der Waals surface area (Å²) in [5.41, 5.74) is 6.00. The van der Waals surface area contributed by atoms with Gasteiger partial charge in [0, 0.05) is 5.41 Å². The van der Waals surface area contributed by atoms with Crippen LogP contribution in [0.1, 0.15) is 80.6 Å². The lowest BCUT2D eigenvalue weighted by molar-refractivity contribution is -0.128. The maximum atomic E-state index is 12.1. The molecule has 0 bridgehead atoms. The fourth-order valence-electron chi connectivity index (χ4n) is 3.09. The Kier molecular flexibility index (Phi) is 7.28. The Balaban J connectivity index is 0.00000154. The van der Waals surface area contributed by atoms with Gasteiger partial charge in [-0.2, -0.15) is 0 Å². The molecule has 1 saturated carbocycles. The zero-order valence-electron chi connectivity index (χ0n) is 14.2. The van der Waals surface area contributed by atoms with E-state index in [-0.39, 0.29) is 22.7 Å². The summed E-state index contributed by atoms with van der Waals surface area (Å²) < 4.78 is 0. The number of nitrogens with two attached hydrogens (primary N) is 1. The molecule has 0 heterocycles. The molecule has 0 spiro atoms. The van der Waals surface area contributed by atoms with Crippen molar-refractivity contribution in [3.05, 3.63) is 0 Å². The lowest BCUT2D eigenvalue weighted by atomic mass is 9.71. The first-order valence-corrected chi connectivity index (χ1v) is 7.94. The molecule has 0 radical (unpaired) electrons. The fraction of sp³-hybridized carbons (Fsp3) is 0.941. The molecule has 2 N–H and O–H groups in total. The molecule has 19 heavy (non-hydrogen) atoms. The molecule has 2 heteroatoms. The van der Waals surface area contributed by atoms with E-state index in [2.05, 4.69) is 13.8 Å². The van der Waals surface area contributed by atoms with Gasteiger partial charge in [0.1, 0.15) is 0 Å². The second-order valence-electron chi connectivity index (χ2n) is 7.39. The van der Waals surface area contributed by atoms with Crippen LogP contribution in [0.4, 0.5) is 0 Å². The van der Waals surface area contributed by atoms with Crippen LogP contribution in [0, 0.1) is 16.7 Å². The largest absolute Gasteiger partial charge is 0.321 e. The van der Waals surface area contributed by atoms with E-state index in [9.17, 15) is 4.79 Å². The number of Topliss-reactive ketones (excluding diaryl/α,β-unsaturated/α-hetero) is 1. The average molecular weight is 269 g/mol. The Morgan fingerprint density at radius 3 is 1.89 bits per heavy atom. The number of rotatable bonds is 4. The second kappa shape index (κ2) is 7.42. The lowest BCUT2D eigenvalue weighted by Gasteiger charge is -2.35. The smallest absolute Gasteiger partial charge is 0.154 e. The van der Waals surface area contributed by atoms with Crippen molar-refractivity contribution in [2.24, 2.45) is 22.5 Å². The normalized spacial score (nSPS) is 18.7. The van der Waals surface area contributed by atoms with Crippen LogP contribution in [-0.2, 0) is 4.79 Å². The first kappa shape index (κ1) is 18.6. The summed E-state index contributed by atoms with van der Waals surface area (Å²) in [6, 6.07) is -0.300. The lowest BCUT2D eigenvalue weighted by Crippen LogP contribution is -2.43. The average Bonchev–Trinajstić information content (AvgIpc) is 2.83. The Bertz CT molecular complexity index is 269. The Hall–Kier alpha value is -0.370. The minimum absolute atomic E-state index is 0.198. The van der Waals surface area contributed by atoms with Gasteiger partial charge >= 0.3 is 0 Å². The maximum absolute atomic E-state index is 12.1. The molecule has 1 aliphatic rings. The zero-order valence-corrected chi connectivity index (χ0v) is 14.2. The molecule has 114 valence electrons. The van der Waals surface area contributed by atoms with Crippen molar-refractivity contribution in [1.29, 1.82) is 0 Å². The Morgan fingerprint density at radius 1 is 1.11 bits per heavy atom. The Morgan fingerprint density at radius 2 is 1.53 bits per heavy atom. The van der Waals surface area contributed by atoms with Crippen molar-refractivity contribution in [2.75, 3.05) is 0 Å². The number of ketones is 1. The summed E-state index contributed by atoms with van der Waals surface area (Å²) in [7, 11) is 0. The molecule has 0 saturated heterocycles. The summed E-state index contributed by atoms with van der Waals surface area (Å²) in [6.07, 6.45) is 6.13. The zero-order chi connectivity index (χ0) is 15.3. The van der Waals surface area contributed by atoms with Gasteiger partial charge in [-0.15, -0.1) is 0 Å². The van der Waals surface area contributed by atoms with E-state index in [1.807, 2.05) is 34.6 Å². The van der Waals surface area contributed by atoms with E-state index in [1.165, 1.54) is 25.7 Å². The van der Waals surface area contributed by atoms with Crippen LogP contribution in [0.5, 0.6) is 0 Å². The molecule has 0 aliphatic heterocycles. The van der Waals surface area contributed by atoms with Gasteiger partial charge in [-0.05, 0) is 30.6 Å². The van der Waals surface area contributed by atoms with Crippen LogP contribution in [-0.4, -0.2) is 11.8 Å². The molecule has 1 atom stereocenters. The summed E-state index contributed by atoms with van der Waals surface area (Å²) in [5, 5.41) is 0. The third kappa shape index (κ3) is 5.64. The monoisotopic (exact) mass is 269 g/mol. The highest BCUT2D eigenvalue weighted by Crippen LogP contribution is 2.42. The molecule has 0 aromatic rings. The number of carbonyl (C=O) groups excluding carboxylic acids is 1. The van der Waals surface area contributed by atoms with E-state index in [4.69, 9.17) is 5.73 Å². The van der Waals surface area contributed by atoms with Crippen molar-refractivity contribution in [3.63, 3.8) is 0 Å². The van der Waals surface area contributed by atoms with E-state index >= 15 is 0 Å². The minimum Gasteiger partial charge on any atom is -0.321 e. The van der Waals surface area contributed by atoms with E-state index in [1.54, 1.807) is 0 Å². The van der Waals surface area contributed by atoms with Crippen molar-refractivity contribution < 1.29 is 4.79 Å². The standard InChI is InChI=1S/C15H29NO.C2H6/c1-14(2,3)13(17)12(16)10-15(4,5)11-8-6-7-9-11;1-2/h11-12H,6-10,16H2,1-5H3;1-2H3. The van der Waals surface area contributed by atoms with Crippen molar-refractivity contribution >= 4 is 5.78 Å². The van der Waals surface area contributed by atoms with Crippen molar-refractivity contribution in [2.45, 2.75) is 86.6 Å². The summed E-state index contributed by atoms with van der Waals surface area (Å²) in [6.45, 7) is 14.4. The Labute approximate surface area is 120 Å². The van der Waals surface area contributed by atoms with Crippen LogP contribution in [0.3, 0.4) is 0 Å². The predicted octanol–water partition coefficient (Wildman–Crippen LogP) is 4.56.